The predicted molar refractivity (Wildman–Crippen MR) is 143 cm³/mol. The zero-order valence-corrected chi connectivity index (χ0v) is 22.4. The van der Waals surface area contributed by atoms with Gasteiger partial charge in [0, 0.05) is 25.1 Å². The Labute approximate surface area is 222 Å². The standard InChI is InChI=1S/C28H34N2O6S/c1-33-16-15-30(28(32)21-36-23-8-5-4-6-9-23)20-27(31)29(19-24-10-7-17-37-24)14-13-22-11-12-25(34-2)26(18-22)35-3/h4-12,17-18H,13-16,19-21H2,1-3H3. The van der Waals surface area contributed by atoms with Crippen LogP contribution in [0.25, 0.3) is 0 Å². The molecule has 2 amide bonds. The molecule has 3 rings (SSSR count). The molecule has 37 heavy (non-hydrogen) atoms. The van der Waals surface area contributed by atoms with Crippen LogP contribution in [0, 0.1) is 0 Å². The summed E-state index contributed by atoms with van der Waals surface area (Å²) in [7, 11) is 4.76. The minimum Gasteiger partial charge on any atom is -0.493 e. The smallest absolute Gasteiger partial charge is 0.261 e. The second kappa shape index (κ2) is 14.9. The van der Waals surface area contributed by atoms with E-state index in [1.807, 2.05) is 53.9 Å². The molecule has 0 fully saturated rings. The third kappa shape index (κ3) is 8.80. The zero-order valence-electron chi connectivity index (χ0n) is 21.6. The molecule has 8 nitrogen and oxygen atoms in total. The van der Waals surface area contributed by atoms with Crippen molar-refractivity contribution in [2.24, 2.45) is 0 Å². The van der Waals surface area contributed by atoms with Gasteiger partial charge < -0.3 is 28.7 Å². The maximum atomic E-state index is 13.5. The first-order valence-corrected chi connectivity index (χ1v) is 12.9. The Morgan fingerprint density at radius 3 is 2.30 bits per heavy atom. The number of methoxy groups -OCH3 is 3. The summed E-state index contributed by atoms with van der Waals surface area (Å²) in [6, 6.07) is 18.8. The van der Waals surface area contributed by atoms with E-state index in [1.54, 1.807) is 49.7 Å². The topological polar surface area (TPSA) is 77.5 Å². The van der Waals surface area contributed by atoms with Gasteiger partial charge in [0.15, 0.2) is 18.1 Å². The van der Waals surface area contributed by atoms with Crippen molar-refractivity contribution in [2.75, 3.05) is 54.2 Å². The van der Waals surface area contributed by atoms with Crippen LogP contribution in [0.5, 0.6) is 17.2 Å². The number of hydrogen-bond acceptors (Lipinski definition) is 7. The summed E-state index contributed by atoms with van der Waals surface area (Å²) in [6.45, 7) is 1.35. The van der Waals surface area contributed by atoms with Crippen molar-refractivity contribution in [3.63, 3.8) is 0 Å². The summed E-state index contributed by atoms with van der Waals surface area (Å²) >= 11 is 1.60. The minimum absolute atomic E-state index is 0.0579. The van der Waals surface area contributed by atoms with Crippen LogP contribution in [0.2, 0.25) is 0 Å². The molecule has 0 aliphatic carbocycles. The molecule has 0 aliphatic rings. The number of carbonyl (C=O) groups excluding carboxylic acids is 2. The SMILES string of the molecule is COCCN(CC(=O)N(CCc1ccc(OC)c(OC)c1)Cc1cccs1)C(=O)COc1ccccc1. The van der Waals surface area contributed by atoms with Crippen LogP contribution in [-0.4, -0.2) is 75.8 Å². The Hall–Kier alpha value is -3.56. The second-order valence-electron chi connectivity index (χ2n) is 8.24. The van der Waals surface area contributed by atoms with Gasteiger partial charge in [-0.25, -0.2) is 0 Å². The van der Waals surface area contributed by atoms with Crippen LogP contribution in [0.1, 0.15) is 10.4 Å². The third-order valence-electron chi connectivity index (χ3n) is 5.75. The first kappa shape index (κ1) is 28.0. The number of amides is 2. The highest BCUT2D eigenvalue weighted by atomic mass is 32.1. The molecular formula is C28H34N2O6S. The Morgan fingerprint density at radius 1 is 0.838 bits per heavy atom. The van der Waals surface area contributed by atoms with Crippen LogP contribution in [-0.2, 0) is 27.3 Å². The number of ether oxygens (including phenoxy) is 4. The molecule has 0 unspecified atom stereocenters. The highest BCUT2D eigenvalue weighted by Gasteiger charge is 2.22. The van der Waals surface area contributed by atoms with Crippen LogP contribution in [0.3, 0.4) is 0 Å². The second-order valence-corrected chi connectivity index (χ2v) is 9.28. The van der Waals surface area contributed by atoms with Crippen molar-refractivity contribution in [2.45, 2.75) is 13.0 Å². The molecular weight excluding hydrogens is 492 g/mol. The minimum atomic E-state index is -0.273. The van der Waals surface area contributed by atoms with Gasteiger partial charge in [0.25, 0.3) is 5.91 Å². The summed E-state index contributed by atoms with van der Waals surface area (Å²) < 4.78 is 21.5. The maximum Gasteiger partial charge on any atom is 0.261 e. The molecule has 9 heteroatoms. The van der Waals surface area contributed by atoms with E-state index in [-0.39, 0.29) is 25.0 Å². The fourth-order valence-corrected chi connectivity index (χ4v) is 4.41. The number of rotatable bonds is 15. The molecule has 0 atom stereocenters. The Balaban J connectivity index is 1.69. The van der Waals surface area contributed by atoms with Crippen molar-refractivity contribution < 1.29 is 28.5 Å². The highest BCUT2D eigenvalue weighted by molar-refractivity contribution is 7.09. The fourth-order valence-electron chi connectivity index (χ4n) is 3.69. The van der Waals surface area contributed by atoms with Gasteiger partial charge >= 0.3 is 0 Å². The van der Waals surface area contributed by atoms with Crippen LogP contribution >= 0.6 is 11.3 Å². The van der Waals surface area contributed by atoms with E-state index < -0.39 is 0 Å². The lowest BCUT2D eigenvalue weighted by Gasteiger charge is -2.27. The van der Waals surface area contributed by atoms with Crippen molar-refractivity contribution in [1.29, 1.82) is 0 Å². The predicted octanol–water partition coefficient (Wildman–Crippen LogP) is 3.89. The molecule has 0 saturated carbocycles. The van der Waals surface area contributed by atoms with Gasteiger partial charge in [-0.3, -0.25) is 9.59 Å². The monoisotopic (exact) mass is 526 g/mol. The van der Waals surface area contributed by atoms with Gasteiger partial charge in [0.2, 0.25) is 5.91 Å². The van der Waals surface area contributed by atoms with Gasteiger partial charge in [-0.05, 0) is 47.7 Å². The fraction of sp³-hybridized carbons (Fsp3) is 0.357. The molecule has 0 N–H and O–H groups in total. The van der Waals surface area contributed by atoms with Gasteiger partial charge in [0.05, 0.1) is 33.9 Å². The van der Waals surface area contributed by atoms with E-state index in [0.717, 1.165) is 10.4 Å². The van der Waals surface area contributed by atoms with Crippen LogP contribution in [0.15, 0.2) is 66.0 Å². The quantitative estimate of drug-likeness (QED) is 0.299. The van der Waals surface area contributed by atoms with Crippen molar-refractivity contribution in [3.8, 4) is 17.2 Å². The molecule has 0 bridgehead atoms. The van der Waals surface area contributed by atoms with Gasteiger partial charge in [-0.15, -0.1) is 11.3 Å². The summed E-state index contributed by atoms with van der Waals surface area (Å²) in [4.78, 5) is 30.8. The summed E-state index contributed by atoms with van der Waals surface area (Å²) in [5, 5.41) is 1.99. The van der Waals surface area contributed by atoms with E-state index in [4.69, 9.17) is 18.9 Å². The first-order chi connectivity index (χ1) is 18.0. The first-order valence-electron chi connectivity index (χ1n) is 12.0. The average molecular weight is 527 g/mol. The van der Waals surface area contributed by atoms with Gasteiger partial charge in [-0.1, -0.05) is 30.3 Å². The Bertz CT molecular complexity index is 1110. The molecule has 0 spiro atoms. The van der Waals surface area contributed by atoms with E-state index in [1.165, 1.54) is 4.90 Å². The molecule has 198 valence electrons. The van der Waals surface area contributed by atoms with Gasteiger partial charge in [0.1, 0.15) is 5.75 Å². The lowest BCUT2D eigenvalue weighted by molar-refractivity contribution is -0.142. The lowest BCUT2D eigenvalue weighted by atomic mass is 10.1. The summed E-state index contributed by atoms with van der Waals surface area (Å²) in [5.41, 5.74) is 1.02. The number of nitrogens with zero attached hydrogens (tertiary/aromatic N) is 2. The van der Waals surface area contributed by atoms with E-state index in [0.29, 0.717) is 49.9 Å². The summed E-state index contributed by atoms with van der Waals surface area (Å²) in [6.07, 6.45) is 0.626. The number of thiophene rings is 1. The summed E-state index contributed by atoms with van der Waals surface area (Å²) in [5.74, 6) is 1.49. The molecule has 0 saturated heterocycles. The Kier molecular flexibility index (Phi) is 11.3. The van der Waals surface area contributed by atoms with E-state index >= 15 is 0 Å². The molecule has 2 aromatic carbocycles. The van der Waals surface area contributed by atoms with E-state index in [9.17, 15) is 9.59 Å². The maximum absolute atomic E-state index is 13.5. The lowest BCUT2D eigenvalue weighted by Crippen LogP contribution is -2.45. The molecule has 0 radical (unpaired) electrons. The normalized spacial score (nSPS) is 10.6. The molecule has 3 aromatic rings. The number of benzene rings is 2. The van der Waals surface area contributed by atoms with Crippen molar-refractivity contribution >= 4 is 23.2 Å². The largest absolute Gasteiger partial charge is 0.493 e. The van der Waals surface area contributed by atoms with Crippen LogP contribution in [0.4, 0.5) is 0 Å². The van der Waals surface area contributed by atoms with Gasteiger partial charge in [-0.2, -0.15) is 0 Å². The number of para-hydroxylation sites is 1. The number of hydrogen-bond donors (Lipinski definition) is 0. The average Bonchev–Trinajstić information content (AvgIpc) is 3.45. The Morgan fingerprint density at radius 2 is 1.62 bits per heavy atom. The number of carbonyl (C=O) groups is 2. The zero-order chi connectivity index (χ0) is 26.5. The highest BCUT2D eigenvalue weighted by Crippen LogP contribution is 2.28. The van der Waals surface area contributed by atoms with Crippen LogP contribution < -0.4 is 14.2 Å². The van der Waals surface area contributed by atoms with Crippen molar-refractivity contribution in [3.05, 3.63) is 76.5 Å². The molecule has 1 aromatic heterocycles. The molecule has 1 heterocycles. The van der Waals surface area contributed by atoms with Crippen molar-refractivity contribution in [1.82, 2.24) is 9.80 Å². The molecule has 0 aliphatic heterocycles. The van der Waals surface area contributed by atoms with E-state index in [2.05, 4.69) is 0 Å². The third-order valence-corrected chi connectivity index (χ3v) is 6.61.